The number of carboxylic acids is 1. The molecule has 1 N–H and O–H groups in total. The van der Waals surface area contributed by atoms with Crippen LogP contribution in [-0.4, -0.2) is 11.1 Å². The summed E-state index contributed by atoms with van der Waals surface area (Å²) in [4.78, 5) is 11.0. The van der Waals surface area contributed by atoms with Crippen LogP contribution in [0.2, 0.25) is 0 Å². The first-order valence-corrected chi connectivity index (χ1v) is 4.58. The van der Waals surface area contributed by atoms with Crippen molar-refractivity contribution >= 4 is 5.97 Å². The van der Waals surface area contributed by atoms with E-state index in [1.807, 2.05) is 24.3 Å². The minimum Gasteiger partial charge on any atom is -0.478 e. The van der Waals surface area contributed by atoms with Gasteiger partial charge in [0.2, 0.25) is 0 Å². The standard InChI is InChI=1S/C13H9O2/c14-13(15)12-9-5-4-8-11(12)10-6-2-1-3-7-10/h1-6,8-9H,(H,14,15). The molecule has 2 aromatic rings. The van der Waals surface area contributed by atoms with Crippen LogP contribution in [-0.2, 0) is 0 Å². The second kappa shape index (κ2) is 3.96. The van der Waals surface area contributed by atoms with Gasteiger partial charge >= 0.3 is 5.97 Å². The van der Waals surface area contributed by atoms with Gasteiger partial charge in [-0.2, -0.15) is 0 Å². The Hall–Kier alpha value is -2.09. The van der Waals surface area contributed by atoms with Crippen LogP contribution in [0.3, 0.4) is 0 Å². The van der Waals surface area contributed by atoms with Gasteiger partial charge in [-0.05, 0) is 23.3 Å². The lowest BCUT2D eigenvalue weighted by Crippen LogP contribution is -1.98. The van der Waals surface area contributed by atoms with Crippen LogP contribution in [0.1, 0.15) is 10.4 Å². The molecule has 2 nitrogen and oxygen atoms in total. The molecular weight excluding hydrogens is 188 g/mol. The minimum atomic E-state index is -0.914. The lowest BCUT2D eigenvalue weighted by Gasteiger charge is -2.04. The molecule has 0 saturated carbocycles. The molecule has 0 aliphatic heterocycles. The second-order valence-electron chi connectivity index (χ2n) is 3.13. The first-order chi connectivity index (χ1) is 7.29. The molecule has 15 heavy (non-hydrogen) atoms. The Labute approximate surface area is 87.8 Å². The normalized spacial score (nSPS) is 9.87. The zero-order chi connectivity index (χ0) is 10.7. The van der Waals surface area contributed by atoms with Gasteiger partial charge in [-0.3, -0.25) is 0 Å². The van der Waals surface area contributed by atoms with Crippen molar-refractivity contribution in [2.24, 2.45) is 0 Å². The van der Waals surface area contributed by atoms with Crippen molar-refractivity contribution in [2.45, 2.75) is 0 Å². The Kier molecular flexibility index (Phi) is 2.50. The highest BCUT2D eigenvalue weighted by Crippen LogP contribution is 2.22. The average Bonchev–Trinajstić information content (AvgIpc) is 2.30. The summed E-state index contributed by atoms with van der Waals surface area (Å²) in [7, 11) is 0. The van der Waals surface area contributed by atoms with E-state index in [1.54, 1.807) is 24.3 Å². The molecule has 0 unspecified atom stereocenters. The van der Waals surface area contributed by atoms with Crippen molar-refractivity contribution in [3.8, 4) is 11.1 Å². The van der Waals surface area contributed by atoms with Crippen molar-refractivity contribution in [3.63, 3.8) is 0 Å². The fraction of sp³-hybridized carbons (Fsp3) is 0. The van der Waals surface area contributed by atoms with Crippen molar-refractivity contribution in [2.75, 3.05) is 0 Å². The first-order valence-electron chi connectivity index (χ1n) is 4.58. The highest BCUT2D eigenvalue weighted by Gasteiger charge is 2.09. The van der Waals surface area contributed by atoms with Gasteiger partial charge < -0.3 is 5.11 Å². The van der Waals surface area contributed by atoms with E-state index in [1.165, 1.54) is 0 Å². The summed E-state index contributed by atoms with van der Waals surface area (Å²) in [6, 6.07) is 17.3. The molecule has 0 spiro atoms. The Morgan fingerprint density at radius 1 is 1.07 bits per heavy atom. The molecule has 2 heteroatoms. The van der Waals surface area contributed by atoms with E-state index >= 15 is 0 Å². The molecule has 2 rings (SSSR count). The Balaban J connectivity index is 2.58. The summed E-state index contributed by atoms with van der Waals surface area (Å²) >= 11 is 0. The zero-order valence-electron chi connectivity index (χ0n) is 7.97. The molecule has 0 heterocycles. The van der Waals surface area contributed by atoms with Gasteiger partial charge in [-0.15, -0.1) is 0 Å². The maximum absolute atomic E-state index is 11.0. The Morgan fingerprint density at radius 3 is 2.47 bits per heavy atom. The molecule has 0 saturated heterocycles. The molecule has 1 radical (unpaired) electrons. The van der Waals surface area contributed by atoms with Crippen LogP contribution < -0.4 is 0 Å². The summed E-state index contributed by atoms with van der Waals surface area (Å²) in [6.45, 7) is 0. The molecule has 0 aliphatic rings. The molecule has 2 aromatic carbocycles. The molecule has 0 bridgehead atoms. The van der Waals surface area contributed by atoms with Crippen molar-refractivity contribution in [3.05, 3.63) is 60.2 Å². The monoisotopic (exact) mass is 197 g/mol. The number of carboxylic acid groups (broad SMARTS) is 1. The summed E-state index contributed by atoms with van der Waals surface area (Å²) in [5.41, 5.74) is 1.81. The van der Waals surface area contributed by atoms with E-state index in [-0.39, 0.29) is 0 Å². The van der Waals surface area contributed by atoms with Gasteiger partial charge in [0.25, 0.3) is 0 Å². The van der Waals surface area contributed by atoms with Crippen molar-refractivity contribution in [1.82, 2.24) is 0 Å². The van der Waals surface area contributed by atoms with Crippen LogP contribution in [0.4, 0.5) is 0 Å². The molecule has 73 valence electrons. The predicted molar refractivity (Wildman–Crippen MR) is 57.7 cm³/mol. The van der Waals surface area contributed by atoms with Gasteiger partial charge in [0.15, 0.2) is 0 Å². The number of aromatic carboxylic acids is 1. The summed E-state index contributed by atoms with van der Waals surface area (Å²) < 4.78 is 0. The topological polar surface area (TPSA) is 37.3 Å². The van der Waals surface area contributed by atoms with Gasteiger partial charge in [0.05, 0.1) is 5.56 Å². The molecule has 0 aromatic heterocycles. The smallest absolute Gasteiger partial charge is 0.336 e. The fourth-order valence-electron chi connectivity index (χ4n) is 1.47. The maximum Gasteiger partial charge on any atom is 0.336 e. The largest absolute Gasteiger partial charge is 0.478 e. The van der Waals surface area contributed by atoms with Crippen LogP contribution in [0.5, 0.6) is 0 Å². The highest BCUT2D eigenvalue weighted by atomic mass is 16.4. The number of hydrogen-bond donors (Lipinski definition) is 1. The number of hydrogen-bond acceptors (Lipinski definition) is 1. The van der Waals surface area contributed by atoms with Crippen molar-refractivity contribution in [1.29, 1.82) is 0 Å². The van der Waals surface area contributed by atoms with Crippen LogP contribution in [0.15, 0.2) is 48.5 Å². The third-order valence-corrected chi connectivity index (χ3v) is 2.16. The number of rotatable bonds is 2. The van der Waals surface area contributed by atoms with E-state index < -0.39 is 5.97 Å². The molecular formula is C13H9O2. The summed E-state index contributed by atoms with van der Waals surface area (Å²) in [6.07, 6.45) is 0. The second-order valence-corrected chi connectivity index (χ2v) is 3.13. The highest BCUT2D eigenvalue weighted by molar-refractivity contribution is 5.95. The van der Waals surface area contributed by atoms with Crippen molar-refractivity contribution < 1.29 is 9.90 Å². The van der Waals surface area contributed by atoms with Crippen LogP contribution in [0, 0.1) is 6.07 Å². The number of benzene rings is 2. The third-order valence-electron chi connectivity index (χ3n) is 2.16. The van der Waals surface area contributed by atoms with E-state index in [9.17, 15) is 4.79 Å². The van der Waals surface area contributed by atoms with E-state index in [4.69, 9.17) is 5.11 Å². The van der Waals surface area contributed by atoms with Gasteiger partial charge in [0.1, 0.15) is 0 Å². The lowest BCUT2D eigenvalue weighted by molar-refractivity contribution is 0.0698. The molecule has 0 atom stereocenters. The average molecular weight is 197 g/mol. The Bertz CT molecular complexity index is 475. The molecule has 0 aliphatic carbocycles. The van der Waals surface area contributed by atoms with Crippen LogP contribution in [0.25, 0.3) is 11.1 Å². The van der Waals surface area contributed by atoms with Crippen LogP contribution >= 0.6 is 0 Å². The van der Waals surface area contributed by atoms with E-state index in [0.717, 1.165) is 5.56 Å². The molecule has 0 fully saturated rings. The summed E-state index contributed by atoms with van der Waals surface area (Å²) in [5.74, 6) is -0.914. The lowest BCUT2D eigenvalue weighted by atomic mass is 10.00. The SMILES string of the molecule is O=C(O)c1ccccc1-c1[c]cccc1. The minimum absolute atomic E-state index is 0.306. The summed E-state index contributed by atoms with van der Waals surface area (Å²) in [5, 5.41) is 9.01. The van der Waals surface area contributed by atoms with E-state index in [2.05, 4.69) is 6.07 Å². The first kappa shape index (κ1) is 9.46. The quantitative estimate of drug-likeness (QED) is 0.803. The van der Waals surface area contributed by atoms with Gasteiger partial charge in [-0.1, -0.05) is 42.5 Å². The molecule has 0 amide bonds. The van der Waals surface area contributed by atoms with Gasteiger partial charge in [-0.25, -0.2) is 4.79 Å². The fourth-order valence-corrected chi connectivity index (χ4v) is 1.47. The number of carbonyl (C=O) groups is 1. The zero-order valence-corrected chi connectivity index (χ0v) is 7.97. The third kappa shape index (κ3) is 1.89. The predicted octanol–water partition coefficient (Wildman–Crippen LogP) is 2.85. The Morgan fingerprint density at radius 2 is 1.80 bits per heavy atom. The van der Waals surface area contributed by atoms with E-state index in [0.29, 0.717) is 11.1 Å². The van der Waals surface area contributed by atoms with Gasteiger partial charge in [0, 0.05) is 0 Å². The maximum atomic E-state index is 11.0.